The van der Waals surface area contributed by atoms with E-state index in [-0.39, 0.29) is 11.1 Å². The maximum absolute atomic E-state index is 12.8. The van der Waals surface area contributed by atoms with E-state index >= 15 is 0 Å². The van der Waals surface area contributed by atoms with Crippen molar-refractivity contribution in [3.8, 4) is 5.69 Å². The summed E-state index contributed by atoms with van der Waals surface area (Å²) in [5, 5.41) is 20.1. The van der Waals surface area contributed by atoms with E-state index in [1.165, 1.54) is 0 Å². The molecule has 28 heavy (non-hydrogen) atoms. The molecule has 0 aliphatic heterocycles. The van der Waals surface area contributed by atoms with Crippen molar-refractivity contribution in [2.24, 2.45) is 5.16 Å². The fourth-order valence-electron chi connectivity index (χ4n) is 2.73. The van der Waals surface area contributed by atoms with Crippen LogP contribution in [0.3, 0.4) is 0 Å². The van der Waals surface area contributed by atoms with Gasteiger partial charge >= 0.3 is 0 Å². The van der Waals surface area contributed by atoms with Gasteiger partial charge in [-0.25, -0.2) is 4.68 Å². The molecule has 144 valence electrons. The lowest BCUT2D eigenvalue weighted by molar-refractivity contribution is -0.110. The predicted octanol–water partition coefficient (Wildman–Crippen LogP) is 4.30. The molecule has 2 N–H and O–H groups in total. The van der Waals surface area contributed by atoms with Gasteiger partial charge in [0.25, 0.3) is 5.91 Å². The topological polar surface area (TPSA) is 79.5 Å². The van der Waals surface area contributed by atoms with Crippen LogP contribution in [0, 0.1) is 6.92 Å². The molecule has 0 radical (unpaired) electrons. The molecule has 0 saturated heterocycles. The monoisotopic (exact) mass is 376 g/mol. The summed E-state index contributed by atoms with van der Waals surface area (Å²) in [5.41, 5.74) is 3.08. The number of benzene rings is 2. The van der Waals surface area contributed by atoms with E-state index in [2.05, 4.69) is 31.2 Å². The van der Waals surface area contributed by atoms with Crippen LogP contribution in [-0.4, -0.2) is 26.6 Å². The number of anilines is 1. The molecule has 0 unspecified atom stereocenters. The number of rotatable bonds is 4. The van der Waals surface area contributed by atoms with Gasteiger partial charge in [-0.3, -0.25) is 4.79 Å². The Bertz CT molecular complexity index is 997. The number of nitrogens with zero attached hydrogens (tertiary/aromatic N) is 3. The lowest BCUT2D eigenvalue weighted by atomic mass is 9.92. The number of carbonyl (C=O) groups is 1. The average Bonchev–Trinajstić information content (AvgIpc) is 3.08. The van der Waals surface area contributed by atoms with Crippen LogP contribution in [0.25, 0.3) is 5.69 Å². The molecule has 6 heteroatoms. The minimum absolute atomic E-state index is 0.0606. The van der Waals surface area contributed by atoms with Crippen molar-refractivity contribution in [3.63, 3.8) is 0 Å². The number of hydrogen-bond acceptors (Lipinski definition) is 4. The van der Waals surface area contributed by atoms with Gasteiger partial charge in [-0.15, -0.1) is 0 Å². The Morgan fingerprint density at radius 3 is 2.29 bits per heavy atom. The van der Waals surface area contributed by atoms with Gasteiger partial charge in [0.15, 0.2) is 5.71 Å². The molecule has 0 aliphatic carbocycles. The van der Waals surface area contributed by atoms with Crippen LogP contribution in [0.15, 0.2) is 65.8 Å². The van der Waals surface area contributed by atoms with Gasteiger partial charge in [0.05, 0.1) is 11.4 Å². The number of carbonyl (C=O) groups excluding carboxylic acids is 1. The van der Waals surface area contributed by atoms with Crippen molar-refractivity contribution in [3.05, 3.63) is 77.5 Å². The summed E-state index contributed by atoms with van der Waals surface area (Å²) in [6.45, 7) is 8.20. The molecule has 0 atom stereocenters. The predicted molar refractivity (Wildman–Crippen MR) is 110 cm³/mol. The van der Waals surface area contributed by atoms with E-state index in [4.69, 9.17) is 5.10 Å². The Morgan fingerprint density at radius 2 is 1.71 bits per heavy atom. The summed E-state index contributed by atoms with van der Waals surface area (Å²) in [5.74, 6) is -0.00159. The summed E-state index contributed by atoms with van der Waals surface area (Å²) in [4.78, 5) is 12.8. The highest BCUT2D eigenvalue weighted by Gasteiger charge is 2.23. The molecule has 1 aromatic heterocycles. The number of amides is 1. The third kappa shape index (κ3) is 4.11. The molecule has 0 aliphatic rings. The molecule has 0 saturated carbocycles. The van der Waals surface area contributed by atoms with Crippen LogP contribution in [0.4, 0.5) is 5.82 Å². The number of nitrogens with one attached hydrogen (secondary N) is 1. The SMILES string of the molecule is Cc1ccc(-n2nc(C(C)(C)C)cc2NC(=O)/C(=N/O)c2ccccc2)cc1. The Hall–Kier alpha value is -3.41. The van der Waals surface area contributed by atoms with E-state index in [0.717, 1.165) is 16.9 Å². The second-order valence-corrected chi connectivity index (χ2v) is 7.68. The Balaban J connectivity index is 1.99. The van der Waals surface area contributed by atoms with Crippen LogP contribution in [-0.2, 0) is 10.2 Å². The molecule has 3 aromatic rings. The molecule has 0 spiro atoms. The summed E-state index contributed by atoms with van der Waals surface area (Å²) in [7, 11) is 0. The first kappa shape index (κ1) is 19.4. The summed E-state index contributed by atoms with van der Waals surface area (Å²) >= 11 is 0. The molecular weight excluding hydrogens is 352 g/mol. The highest BCUT2D eigenvalue weighted by molar-refractivity contribution is 6.48. The Morgan fingerprint density at radius 1 is 1.07 bits per heavy atom. The summed E-state index contributed by atoms with van der Waals surface area (Å²) < 4.78 is 1.69. The zero-order chi connectivity index (χ0) is 20.3. The van der Waals surface area contributed by atoms with Gasteiger partial charge in [-0.2, -0.15) is 5.10 Å². The van der Waals surface area contributed by atoms with E-state index in [1.807, 2.05) is 43.3 Å². The fourth-order valence-corrected chi connectivity index (χ4v) is 2.73. The molecule has 2 aromatic carbocycles. The third-order valence-electron chi connectivity index (χ3n) is 4.36. The van der Waals surface area contributed by atoms with E-state index in [9.17, 15) is 10.0 Å². The van der Waals surface area contributed by atoms with E-state index < -0.39 is 5.91 Å². The number of oxime groups is 1. The van der Waals surface area contributed by atoms with E-state index in [1.54, 1.807) is 28.9 Å². The fraction of sp³-hybridized carbons (Fsp3) is 0.227. The second kappa shape index (κ2) is 7.68. The summed E-state index contributed by atoms with van der Waals surface area (Å²) in [6.07, 6.45) is 0. The van der Waals surface area contributed by atoms with Crippen molar-refractivity contribution < 1.29 is 10.0 Å². The van der Waals surface area contributed by atoms with Crippen molar-refractivity contribution in [1.82, 2.24) is 9.78 Å². The summed E-state index contributed by atoms with van der Waals surface area (Å²) in [6, 6.07) is 18.5. The lowest BCUT2D eigenvalue weighted by Gasteiger charge is -2.14. The Labute approximate surface area is 164 Å². The number of aromatic nitrogens is 2. The molecule has 0 bridgehead atoms. The van der Waals surface area contributed by atoms with Gasteiger partial charge in [0.1, 0.15) is 5.82 Å². The molecule has 0 fully saturated rings. The zero-order valence-corrected chi connectivity index (χ0v) is 16.5. The van der Waals surface area contributed by atoms with Gasteiger partial charge in [0.2, 0.25) is 0 Å². The molecule has 1 amide bonds. The van der Waals surface area contributed by atoms with Crippen molar-refractivity contribution in [1.29, 1.82) is 0 Å². The first-order valence-electron chi connectivity index (χ1n) is 9.06. The minimum Gasteiger partial charge on any atom is -0.410 e. The van der Waals surface area contributed by atoms with Crippen molar-refractivity contribution in [2.45, 2.75) is 33.1 Å². The smallest absolute Gasteiger partial charge is 0.279 e. The van der Waals surface area contributed by atoms with Crippen LogP contribution < -0.4 is 5.32 Å². The zero-order valence-electron chi connectivity index (χ0n) is 16.5. The number of aryl methyl sites for hydroxylation is 1. The van der Waals surface area contributed by atoms with Gasteiger partial charge in [-0.05, 0) is 19.1 Å². The minimum atomic E-state index is -0.512. The van der Waals surface area contributed by atoms with Gasteiger partial charge < -0.3 is 10.5 Å². The first-order valence-corrected chi connectivity index (χ1v) is 9.06. The quantitative estimate of drug-likeness (QED) is 0.405. The largest absolute Gasteiger partial charge is 0.410 e. The first-order chi connectivity index (χ1) is 13.3. The standard InChI is InChI=1S/C22H24N4O2/c1-15-10-12-17(13-11-15)26-19(14-18(24-26)22(2,3)4)23-21(27)20(25-28)16-8-6-5-7-9-16/h5-14,28H,1-4H3,(H,23,27)/b25-20+. The second-order valence-electron chi connectivity index (χ2n) is 7.68. The average molecular weight is 376 g/mol. The van der Waals surface area contributed by atoms with Crippen LogP contribution in [0.2, 0.25) is 0 Å². The third-order valence-corrected chi connectivity index (χ3v) is 4.36. The lowest BCUT2D eigenvalue weighted by Crippen LogP contribution is -2.25. The van der Waals surface area contributed by atoms with Gasteiger partial charge in [-0.1, -0.05) is 74.0 Å². The van der Waals surface area contributed by atoms with Crippen molar-refractivity contribution in [2.75, 3.05) is 5.32 Å². The molecule has 1 heterocycles. The highest BCUT2D eigenvalue weighted by Crippen LogP contribution is 2.26. The molecular formula is C22H24N4O2. The maximum Gasteiger partial charge on any atom is 0.279 e. The normalized spacial score (nSPS) is 12.1. The van der Waals surface area contributed by atoms with Crippen LogP contribution in [0.5, 0.6) is 0 Å². The number of hydrogen-bond donors (Lipinski definition) is 2. The molecule has 6 nitrogen and oxygen atoms in total. The van der Waals surface area contributed by atoms with E-state index in [0.29, 0.717) is 11.4 Å². The van der Waals surface area contributed by atoms with Crippen LogP contribution >= 0.6 is 0 Å². The van der Waals surface area contributed by atoms with Gasteiger partial charge in [0, 0.05) is 17.0 Å². The van der Waals surface area contributed by atoms with Crippen molar-refractivity contribution >= 4 is 17.4 Å². The highest BCUT2D eigenvalue weighted by atomic mass is 16.4. The Kier molecular flexibility index (Phi) is 5.31. The molecule has 3 rings (SSSR count). The maximum atomic E-state index is 12.8. The van der Waals surface area contributed by atoms with Crippen LogP contribution in [0.1, 0.15) is 37.6 Å².